The molecule has 0 saturated heterocycles. The number of fused-ring (bicyclic) bond motifs is 1. The molecule has 100 valence electrons. The van der Waals surface area contributed by atoms with Gasteiger partial charge in [-0.2, -0.15) is 0 Å². The quantitative estimate of drug-likeness (QED) is 0.534. The zero-order valence-electron chi connectivity index (χ0n) is 10.5. The highest BCUT2D eigenvalue weighted by Gasteiger charge is 2.15. The summed E-state index contributed by atoms with van der Waals surface area (Å²) >= 11 is 5.86. The summed E-state index contributed by atoms with van der Waals surface area (Å²) in [6.45, 7) is 0.575. The monoisotopic (exact) mass is 286 g/mol. The predicted octanol–water partition coefficient (Wildman–Crippen LogP) is 4.25. The number of hydrogen-bond donors (Lipinski definition) is 0. The van der Waals surface area contributed by atoms with Gasteiger partial charge >= 0.3 is 0 Å². The molecule has 0 saturated carbocycles. The molecule has 4 nitrogen and oxygen atoms in total. The number of aromatic nitrogens is 1. The number of hydrogen-bond acceptors (Lipinski definition) is 2. The van der Waals surface area contributed by atoms with Gasteiger partial charge in [-0.3, -0.25) is 10.1 Å². The van der Waals surface area contributed by atoms with Crippen molar-refractivity contribution in [3.05, 3.63) is 75.4 Å². The lowest BCUT2D eigenvalue weighted by Gasteiger charge is -2.06. The van der Waals surface area contributed by atoms with Gasteiger partial charge in [0.1, 0.15) is 5.52 Å². The fourth-order valence-corrected chi connectivity index (χ4v) is 2.43. The van der Waals surface area contributed by atoms with Crippen LogP contribution in [0, 0.1) is 10.1 Å². The van der Waals surface area contributed by atoms with Crippen LogP contribution in [0.4, 0.5) is 5.69 Å². The first kappa shape index (κ1) is 12.7. The maximum Gasteiger partial charge on any atom is 0.293 e. The molecule has 1 aromatic heterocycles. The smallest absolute Gasteiger partial charge is 0.293 e. The minimum Gasteiger partial charge on any atom is -0.337 e. The number of nitro benzene ring substituents is 1. The summed E-state index contributed by atoms with van der Waals surface area (Å²) < 4.78 is 1.89. The molecule has 0 amide bonds. The Morgan fingerprint density at radius 1 is 1.10 bits per heavy atom. The lowest BCUT2D eigenvalue weighted by atomic mass is 10.2. The van der Waals surface area contributed by atoms with Gasteiger partial charge in [0, 0.05) is 29.2 Å². The molecular formula is C15H11ClN2O2. The number of nitrogens with zero attached hydrogens (tertiary/aromatic N) is 2. The molecule has 5 heteroatoms. The van der Waals surface area contributed by atoms with Crippen molar-refractivity contribution >= 4 is 28.2 Å². The number of nitro groups is 1. The SMILES string of the molecule is O=[N+]([O-])c1cccc2ccn(Cc3ccc(Cl)cc3)c12. The van der Waals surface area contributed by atoms with Crippen LogP contribution < -0.4 is 0 Å². The number of halogens is 1. The van der Waals surface area contributed by atoms with Gasteiger partial charge in [-0.1, -0.05) is 35.9 Å². The second kappa shape index (κ2) is 4.98. The van der Waals surface area contributed by atoms with E-state index in [0.29, 0.717) is 17.1 Å². The van der Waals surface area contributed by atoms with Crippen molar-refractivity contribution in [1.82, 2.24) is 4.57 Å². The Balaban J connectivity index is 2.07. The van der Waals surface area contributed by atoms with Crippen LogP contribution in [0.1, 0.15) is 5.56 Å². The van der Waals surface area contributed by atoms with E-state index in [1.54, 1.807) is 6.07 Å². The number of benzene rings is 2. The van der Waals surface area contributed by atoms with E-state index in [0.717, 1.165) is 10.9 Å². The highest BCUT2D eigenvalue weighted by atomic mass is 35.5. The summed E-state index contributed by atoms with van der Waals surface area (Å²) in [5, 5.41) is 12.7. The first-order valence-corrected chi connectivity index (χ1v) is 6.49. The summed E-state index contributed by atoms with van der Waals surface area (Å²) in [6, 6.07) is 14.5. The third-order valence-electron chi connectivity index (χ3n) is 3.23. The maximum atomic E-state index is 11.1. The van der Waals surface area contributed by atoms with Crippen molar-refractivity contribution in [2.24, 2.45) is 0 Å². The van der Waals surface area contributed by atoms with E-state index in [4.69, 9.17) is 11.6 Å². The molecule has 0 radical (unpaired) electrons. The van der Waals surface area contributed by atoms with Crippen molar-refractivity contribution in [2.45, 2.75) is 6.54 Å². The number of rotatable bonds is 3. The van der Waals surface area contributed by atoms with Gasteiger partial charge in [0.25, 0.3) is 5.69 Å². The minimum atomic E-state index is -0.347. The van der Waals surface area contributed by atoms with Crippen LogP contribution in [-0.2, 0) is 6.54 Å². The Kier molecular flexibility index (Phi) is 3.16. The molecule has 3 aromatic rings. The molecule has 0 aliphatic heterocycles. The molecule has 0 aliphatic carbocycles. The van der Waals surface area contributed by atoms with Gasteiger partial charge in [-0.15, -0.1) is 0 Å². The Morgan fingerprint density at radius 3 is 2.55 bits per heavy atom. The summed E-state index contributed by atoms with van der Waals surface area (Å²) in [5.41, 5.74) is 1.82. The standard InChI is InChI=1S/C15H11ClN2O2/c16-13-6-4-11(5-7-13)10-17-9-8-12-2-1-3-14(15(12)17)18(19)20/h1-9H,10H2. The van der Waals surface area contributed by atoms with Crippen LogP contribution in [0.5, 0.6) is 0 Å². The van der Waals surface area contributed by atoms with Gasteiger partial charge in [0.2, 0.25) is 0 Å². The molecule has 0 N–H and O–H groups in total. The molecule has 20 heavy (non-hydrogen) atoms. The lowest BCUT2D eigenvalue weighted by Crippen LogP contribution is -2.00. The highest BCUT2D eigenvalue weighted by molar-refractivity contribution is 6.30. The molecule has 0 bridgehead atoms. The Morgan fingerprint density at radius 2 is 1.85 bits per heavy atom. The first-order valence-electron chi connectivity index (χ1n) is 6.12. The minimum absolute atomic E-state index is 0.126. The van der Waals surface area contributed by atoms with Gasteiger partial charge in [-0.25, -0.2) is 0 Å². The number of para-hydroxylation sites is 1. The number of non-ortho nitro benzene ring substituents is 1. The van der Waals surface area contributed by atoms with E-state index < -0.39 is 0 Å². The van der Waals surface area contributed by atoms with Gasteiger partial charge < -0.3 is 4.57 Å². The third kappa shape index (κ3) is 2.26. The summed E-state index contributed by atoms with van der Waals surface area (Å²) in [6.07, 6.45) is 1.87. The van der Waals surface area contributed by atoms with Crippen molar-refractivity contribution in [3.8, 4) is 0 Å². The van der Waals surface area contributed by atoms with Gasteiger partial charge in [-0.05, 0) is 23.8 Å². The van der Waals surface area contributed by atoms with Gasteiger partial charge in [0.15, 0.2) is 0 Å². The van der Waals surface area contributed by atoms with E-state index in [9.17, 15) is 10.1 Å². The zero-order valence-corrected chi connectivity index (χ0v) is 11.2. The van der Waals surface area contributed by atoms with Crippen LogP contribution in [0.3, 0.4) is 0 Å². The second-order valence-electron chi connectivity index (χ2n) is 4.54. The lowest BCUT2D eigenvalue weighted by molar-refractivity contribution is -0.383. The predicted molar refractivity (Wildman–Crippen MR) is 79.1 cm³/mol. The largest absolute Gasteiger partial charge is 0.337 e. The van der Waals surface area contributed by atoms with Crippen LogP contribution in [0.25, 0.3) is 10.9 Å². The molecule has 0 unspecified atom stereocenters. The van der Waals surface area contributed by atoms with E-state index in [2.05, 4.69) is 0 Å². The molecule has 0 fully saturated rings. The summed E-state index contributed by atoms with van der Waals surface area (Å²) in [4.78, 5) is 10.8. The topological polar surface area (TPSA) is 48.1 Å². The molecular weight excluding hydrogens is 276 g/mol. The molecule has 1 heterocycles. The van der Waals surface area contributed by atoms with Crippen molar-refractivity contribution < 1.29 is 4.92 Å². The molecule has 3 rings (SSSR count). The molecule has 0 spiro atoms. The fourth-order valence-electron chi connectivity index (χ4n) is 2.31. The van der Waals surface area contributed by atoms with Crippen LogP contribution in [-0.4, -0.2) is 9.49 Å². The fraction of sp³-hybridized carbons (Fsp3) is 0.0667. The summed E-state index contributed by atoms with van der Waals surface area (Å²) in [7, 11) is 0. The van der Waals surface area contributed by atoms with Crippen LogP contribution in [0.2, 0.25) is 5.02 Å². The molecule has 0 atom stereocenters. The average molecular weight is 287 g/mol. The second-order valence-corrected chi connectivity index (χ2v) is 4.98. The highest BCUT2D eigenvalue weighted by Crippen LogP contribution is 2.27. The van der Waals surface area contributed by atoms with Crippen molar-refractivity contribution in [1.29, 1.82) is 0 Å². The van der Waals surface area contributed by atoms with E-state index in [-0.39, 0.29) is 10.6 Å². The van der Waals surface area contributed by atoms with E-state index >= 15 is 0 Å². The average Bonchev–Trinajstić information content (AvgIpc) is 2.84. The van der Waals surface area contributed by atoms with Gasteiger partial charge in [0.05, 0.1) is 4.92 Å². The summed E-state index contributed by atoms with van der Waals surface area (Å²) in [5.74, 6) is 0. The molecule has 0 aliphatic rings. The molecule has 2 aromatic carbocycles. The Hall–Kier alpha value is -2.33. The Labute approximate surface area is 120 Å². The van der Waals surface area contributed by atoms with Crippen molar-refractivity contribution in [3.63, 3.8) is 0 Å². The van der Waals surface area contributed by atoms with E-state index in [1.165, 1.54) is 6.07 Å². The maximum absolute atomic E-state index is 11.1. The Bertz CT molecular complexity index is 778. The van der Waals surface area contributed by atoms with Crippen molar-refractivity contribution in [2.75, 3.05) is 0 Å². The normalized spacial score (nSPS) is 10.8. The first-order chi connectivity index (χ1) is 9.65. The van der Waals surface area contributed by atoms with Crippen LogP contribution in [0.15, 0.2) is 54.7 Å². The zero-order chi connectivity index (χ0) is 14.1. The van der Waals surface area contributed by atoms with E-state index in [1.807, 2.05) is 47.2 Å². The van der Waals surface area contributed by atoms with Crippen LogP contribution >= 0.6 is 11.6 Å². The third-order valence-corrected chi connectivity index (χ3v) is 3.48.